The zero-order valence-electron chi connectivity index (χ0n) is 17.5. The summed E-state index contributed by atoms with van der Waals surface area (Å²) in [5, 5.41) is 10.3. The number of rotatable bonds is 9. The normalized spacial score (nSPS) is 17.1. The van der Waals surface area contributed by atoms with E-state index in [4.69, 9.17) is 0 Å². The maximum atomic E-state index is 13.1. The Labute approximate surface area is 185 Å². The largest absolute Gasteiger partial charge is 0.369 e. The van der Waals surface area contributed by atoms with Crippen LogP contribution in [-0.4, -0.2) is 77.3 Å². The molecule has 0 aliphatic carbocycles. The molecule has 174 valence electrons. The van der Waals surface area contributed by atoms with Crippen molar-refractivity contribution in [3.8, 4) is 0 Å². The van der Waals surface area contributed by atoms with Gasteiger partial charge in [0.25, 0.3) is 0 Å². The lowest BCUT2D eigenvalue weighted by Gasteiger charge is -2.36. The summed E-state index contributed by atoms with van der Waals surface area (Å²) in [6.07, 6.45) is 2.23. The first-order valence-corrected chi connectivity index (χ1v) is 11.7. The van der Waals surface area contributed by atoms with Gasteiger partial charge in [0.1, 0.15) is 11.6 Å². The van der Waals surface area contributed by atoms with E-state index in [0.29, 0.717) is 18.2 Å². The number of nitrogens with zero attached hydrogens (tertiary/aromatic N) is 5. The predicted molar refractivity (Wildman–Crippen MR) is 112 cm³/mol. The molecule has 1 aromatic carbocycles. The Balaban J connectivity index is 1.64. The zero-order chi connectivity index (χ0) is 23.3. The number of hydroxylamine groups is 2. The minimum atomic E-state index is -3.80. The van der Waals surface area contributed by atoms with Crippen LogP contribution < -0.4 is 4.90 Å². The van der Waals surface area contributed by atoms with Crippen LogP contribution in [0.1, 0.15) is 25.1 Å². The van der Waals surface area contributed by atoms with Crippen LogP contribution in [0.25, 0.3) is 0 Å². The minimum Gasteiger partial charge on any atom is -0.369 e. The molecule has 1 aliphatic rings. The van der Waals surface area contributed by atoms with Gasteiger partial charge in [-0.3, -0.25) is 10.0 Å². The number of amides is 1. The van der Waals surface area contributed by atoms with Crippen molar-refractivity contribution in [2.75, 3.05) is 36.8 Å². The monoisotopic (exact) mass is 469 g/mol. The Kier molecular flexibility index (Phi) is 7.69. The van der Waals surface area contributed by atoms with Crippen LogP contribution in [0, 0.1) is 11.6 Å². The van der Waals surface area contributed by atoms with Crippen molar-refractivity contribution in [1.29, 1.82) is 0 Å². The molecule has 1 unspecified atom stereocenters. The van der Waals surface area contributed by atoms with Gasteiger partial charge in [0.2, 0.25) is 16.4 Å². The Morgan fingerprint density at radius 3 is 2.25 bits per heavy atom. The molecule has 1 amide bonds. The molecule has 12 heteroatoms. The van der Waals surface area contributed by atoms with Gasteiger partial charge in [-0.2, -0.15) is 4.31 Å². The van der Waals surface area contributed by atoms with Crippen LogP contribution in [0.15, 0.2) is 36.7 Å². The summed E-state index contributed by atoms with van der Waals surface area (Å²) < 4.78 is 53.5. The molecule has 1 N–H and O–H groups in total. The summed E-state index contributed by atoms with van der Waals surface area (Å²) in [5.41, 5.74) is 0.803. The van der Waals surface area contributed by atoms with Crippen molar-refractivity contribution in [1.82, 2.24) is 19.3 Å². The van der Waals surface area contributed by atoms with Gasteiger partial charge in [-0.1, -0.05) is 6.92 Å². The van der Waals surface area contributed by atoms with Crippen LogP contribution in [0.2, 0.25) is 0 Å². The van der Waals surface area contributed by atoms with E-state index < -0.39 is 33.6 Å². The second-order valence-corrected chi connectivity index (χ2v) is 9.69. The van der Waals surface area contributed by atoms with Gasteiger partial charge < -0.3 is 4.90 Å². The van der Waals surface area contributed by atoms with E-state index in [1.807, 2.05) is 4.90 Å². The quantitative estimate of drug-likeness (QED) is 0.338. The number of sulfonamides is 1. The number of benzene rings is 1. The molecule has 0 saturated carbocycles. The molecule has 32 heavy (non-hydrogen) atoms. The van der Waals surface area contributed by atoms with E-state index in [1.165, 1.54) is 16.4 Å². The molecule has 2 atom stereocenters. The van der Waals surface area contributed by atoms with E-state index in [-0.39, 0.29) is 37.6 Å². The Morgan fingerprint density at radius 2 is 1.69 bits per heavy atom. The van der Waals surface area contributed by atoms with E-state index in [0.717, 1.165) is 18.1 Å². The first-order valence-electron chi connectivity index (χ1n) is 10.1. The van der Waals surface area contributed by atoms with Crippen LogP contribution in [-0.2, 0) is 14.8 Å². The van der Waals surface area contributed by atoms with Crippen LogP contribution in [0.4, 0.5) is 14.5 Å². The van der Waals surface area contributed by atoms with Crippen LogP contribution in [0.3, 0.4) is 0 Å². The number of piperazine rings is 1. The molecule has 9 nitrogen and oxygen atoms in total. The summed E-state index contributed by atoms with van der Waals surface area (Å²) >= 11 is 0. The van der Waals surface area contributed by atoms with Crippen molar-refractivity contribution < 1.29 is 27.2 Å². The van der Waals surface area contributed by atoms with Crippen molar-refractivity contribution >= 4 is 22.1 Å². The van der Waals surface area contributed by atoms with Crippen LogP contribution >= 0.6 is 0 Å². The van der Waals surface area contributed by atoms with E-state index >= 15 is 0 Å². The number of hydrogen-bond acceptors (Lipinski definition) is 7. The van der Waals surface area contributed by atoms with Gasteiger partial charge in [-0.15, -0.1) is 0 Å². The molecule has 0 radical (unpaired) electrons. The summed E-state index contributed by atoms with van der Waals surface area (Å²) in [6, 6.07) is 4.95. The highest BCUT2D eigenvalue weighted by Crippen LogP contribution is 2.22. The molecule has 0 bridgehead atoms. The first kappa shape index (κ1) is 24.0. The Hall–Kier alpha value is -2.70. The van der Waals surface area contributed by atoms with Crippen molar-refractivity contribution in [3.05, 3.63) is 54.1 Å². The lowest BCUT2D eigenvalue weighted by Crippen LogP contribution is -2.51. The predicted octanol–water partition coefficient (Wildman–Crippen LogP) is 1.62. The molecule has 1 saturated heterocycles. The van der Waals surface area contributed by atoms with Gasteiger partial charge in [0.15, 0.2) is 5.82 Å². The Bertz CT molecular complexity index is 1000. The summed E-state index contributed by atoms with van der Waals surface area (Å²) in [5.74, 6) is -1.58. The van der Waals surface area contributed by atoms with Gasteiger partial charge in [0, 0.05) is 37.8 Å². The smallest absolute Gasteiger partial charge is 0.233 e. The lowest BCUT2D eigenvalue weighted by molar-refractivity contribution is -0.159. The number of aromatic nitrogens is 2. The molecule has 1 fully saturated rings. The molecular formula is C20H25F2N5O4S. The lowest BCUT2D eigenvalue weighted by atomic mass is 10.0. The number of halogens is 2. The molecule has 0 spiro atoms. The highest BCUT2D eigenvalue weighted by atomic mass is 32.2. The molecule has 2 heterocycles. The van der Waals surface area contributed by atoms with Crippen molar-refractivity contribution in [2.24, 2.45) is 0 Å². The molecular weight excluding hydrogens is 444 g/mol. The maximum Gasteiger partial charge on any atom is 0.233 e. The average molecular weight is 470 g/mol. The third-order valence-corrected chi connectivity index (χ3v) is 7.37. The summed E-state index contributed by atoms with van der Waals surface area (Å²) in [7, 11) is -3.80. The Morgan fingerprint density at radius 1 is 1.09 bits per heavy atom. The van der Waals surface area contributed by atoms with Gasteiger partial charge in [-0.25, -0.2) is 32.2 Å². The van der Waals surface area contributed by atoms with Crippen LogP contribution in [0.5, 0.6) is 0 Å². The number of anilines is 1. The number of carbonyl (C=O) groups excluding carboxylic acids is 1. The zero-order valence-corrected chi connectivity index (χ0v) is 18.3. The van der Waals surface area contributed by atoms with Crippen molar-refractivity contribution in [2.45, 2.75) is 25.3 Å². The van der Waals surface area contributed by atoms with Gasteiger partial charge >= 0.3 is 0 Å². The van der Waals surface area contributed by atoms with E-state index in [1.54, 1.807) is 19.1 Å². The standard InChI is InChI=1S/C20H25F2N5O4S/c1-15(20-23-11-17(22)12-24-20)10-19(27(29)14-28)13-32(30,31)26-8-6-25(7-9-26)18-4-2-16(21)3-5-18/h2-5,11-12,14-15,19,29H,6-10,13H2,1H3/t15-,19?/m0/s1. The summed E-state index contributed by atoms with van der Waals surface area (Å²) in [4.78, 5) is 20.9. The molecule has 1 aliphatic heterocycles. The number of carbonyl (C=O) groups is 1. The first-order chi connectivity index (χ1) is 15.2. The molecule has 3 rings (SSSR count). The molecule has 2 aromatic rings. The fourth-order valence-electron chi connectivity index (χ4n) is 3.65. The van der Waals surface area contributed by atoms with Gasteiger partial charge in [-0.05, 0) is 30.7 Å². The van der Waals surface area contributed by atoms with E-state index in [2.05, 4.69) is 9.97 Å². The van der Waals surface area contributed by atoms with E-state index in [9.17, 15) is 27.2 Å². The topological polar surface area (TPSA) is 107 Å². The second-order valence-electron chi connectivity index (χ2n) is 7.68. The number of hydrogen-bond donors (Lipinski definition) is 1. The maximum absolute atomic E-state index is 13.1. The van der Waals surface area contributed by atoms with Crippen molar-refractivity contribution in [3.63, 3.8) is 0 Å². The minimum absolute atomic E-state index is 0.0651. The average Bonchev–Trinajstić information content (AvgIpc) is 2.79. The third kappa shape index (κ3) is 5.96. The molecule has 1 aromatic heterocycles. The highest BCUT2D eigenvalue weighted by molar-refractivity contribution is 7.89. The second kappa shape index (κ2) is 10.3. The fraction of sp³-hybridized carbons (Fsp3) is 0.450. The third-order valence-electron chi connectivity index (χ3n) is 5.42. The van der Waals surface area contributed by atoms with Gasteiger partial charge in [0.05, 0.1) is 24.2 Å². The fourth-order valence-corrected chi connectivity index (χ4v) is 5.36. The SMILES string of the molecule is C[C@@H](CC(CS(=O)(=O)N1CCN(c2ccc(F)cc2)CC1)N(O)C=O)c1ncc(F)cn1. The highest BCUT2D eigenvalue weighted by Gasteiger charge is 2.33. The summed E-state index contributed by atoms with van der Waals surface area (Å²) in [6.45, 7) is 2.98.